The lowest BCUT2D eigenvalue weighted by Crippen LogP contribution is -2.29. The topological polar surface area (TPSA) is 71.4 Å². The molecular weight excluding hydrogens is 470 g/mol. The molecular formula is C25H28ClN5O2S. The lowest BCUT2D eigenvalue weighted by molar-refractivity contribution is -0.119. The molecule has 1 aliphatic rings. The van der Waals surface area contributed by atoms with Crippen LogP contribution in [0, 0.1) is 0 Å². The molecule has 2 atom stereocenters. The van der Waals surface area contributed by atoms with Crippen LogP contribution < -0.4 is 15.5 Å². The van der Waals surface area contributed by atoms with Gasteiger partial charge in [0.25, 0.3) is 0 Å². The number of carbonyl (C=O) groups excluding carboxylic acids is 1. The highest BCUT2D eigenvalue weighted by atomic mass is 35.5. The number of amides is 1. The Balaban J connectivity index is 1.74. The lowest BCUT2D eigenvalue weighted by Gasteiger charge is -2.28. The Morgan fingerprint density at radius 2 is 2.06 bits per heavy atom. The summed E-state index contributed by atoms with van der Waals surface area (Å²) in [5.41, 5.74) is 3.28. The smallest absolute Gasteiger partial charge is 0.250 e. The largest absolute Gasteiger partial charge is 0.375 e. The van der Waals surface area contributed by atoms with Crippen molar-refractivity contribution in [3.63, 3.8) is 0 Å². The van der Waals surface area contributed by atoms with Crippen molar-refractivity contribution in [1.29, 1.82) is 0 Å². The number of nitrogens with zero attached hydrogens (tertiary/aromatic N) is 3. The van der Waals surface area contributed by atoms with Crippen LogP contribution in [0.15, 0.2) is 61.1 Å². The van der Waals surface area contributed by atoms with E-state index in [-0.39, 0.29) is 30.1 Å². The van der Waals surface area contributed by atoms with Crippen LogP contribution in [-0.2, 0) is 15.1 Å². The van der Waals surface area contributed by atoms with Crippen molar-refractivity contribution in [3.8, 4) is 0 Å². The number of anilines is 2. The molecule has 1 aromatic carbocycles. The van der Waals surface area contributed by atoms with Crippen molar-refractivity contribution < 1.29 is 9.53 Å². The molecule has 2 N–H and O–H groups in total. The fourth-order valence-corrected chi connectivity index (χ4v) is 4.62. The van der Waals surface area contributed by atoms with Crippen molar-refractivity contribution >= 4 is 46.2 Å². The molecule has 1 fully saturated rings. The second-order valence-corrected chi connectivity index (χ2v) is 9.96. The molecule has 9 heteroatoms. The molecule has 34 heavy (non-hydrogen) atoms. The number of hydrogen-bond donors (Lipinski definition) is 2. The molecule has 178 valence electrons. The number of aromatic nitrogens is 2. The predicted molar refractivity (Wildman–Crippen MR) is 139 cm³/mol. The molecule has 0 radical (unpaired) electrons. The van der Waals surface area contributed by atoms with Crippen molar-refractivity contribution in [3.05, 3.63) is 77.3 Å². The monoisotopic (exact) mass is 497 g/mol. The van der Waals surface area contributed by atoms with Crippen molar-refractivity contribution in [2.24, 2.45) is 0 Å². The van der Waals surface area contributed by atoms with Crippen LogP contribution in [0.5, 0.6) is 0 Å². The number of nitrogens with one attached hydrogen (secondary N) is 2. The van der Waals surface area contributed by atoms with Crippen molar-refractivity contribution in [2.75, 3.05) is 23.9 Å². The molecule has 0 bridgehead atoms. The summed E-state index contributed by atoms with van der Waals surface area (Å²) in [6, 6.07) is 13.2. The number of halogens is 1. The van der Waals surface area contributed by atoms with Gasteiger partial charge in [0.05, 0.1) is 28.5 Å². The highest BCUT2D eigenvalue weighted by Gasteiger charge is 2.41. The van der Waals surface area contributed by atoms with Gasteiger partial charge in [0.2, 0.25) is 5.91 Å². The summed E-state index contributed by atoms with van der Waals surface area (Å²) in [6.45, 7) is 6.45. The molecule has 0 saturated carbocycles. The van der Waals surface area contributed by atoms with Gasteiger partial charge in [-0.3, -0.25) is 9.78 Å². The third kappa shape index (κ3) is 4.94. The van der Waals surface area contributed by atoms with Crippen LogP contribution in [-0.4, -0.2) is 34.3 Å². The van der Waals surface area contributed by atoms with E-state index in [1.807, 2.05) is 30.3 Å². The zero-order valence-electron chi connectivity index (χ0n) is 19.6. The van der Waals surface area contributed by atoms with E-state index < -0.39 is 0 Å². The number of hydrogen-bond acceptors (Lipinski definition) is 4. The van der Waals surface area contributed by atoms with Gasteiger partial charge in [0.15, 0.2) is 5.11 Å². The molecule has 0 spiro atoms. The number of pyridine rings is 1. The van der Waals surface area contributed by atoms with Gasteiger partial charge in [-0.1, -0.05) is 17.7 Å². The number of methoxy groups -OCH3 is 1. The maximum atomic E-state index is 11.9. The zero-order valence-corrected chi connectivity index (χ0v) is 21.2. The van der Waals surface area contributed by atoms with Gasteiger partial charge in [-0.2, -0.15) is 0 Å². The van der Waals surface area contributed by atoms with Crippen LogP contribution >= 0.6 is 23.8 Å². The molecule has 1 saturated heterocycles. The van der Waals surface area contributed by atoms with Crippen molar-refractivity contribution in [1.82, 2.24) is 14.9 Å². The summed E-state index contributed by atoms with van der Waals surface area (Å²) in [7, 11) is 1.47. The zero-order chi connectivity index (χ0) is 24.5. The second kappa shape index (κ2) is 9.74. The van der Waals surface area contributed by atoms with E-state index in [4.69, 9.17) is 28.6 Å². The van der Waals surface area contributed by atoms with E-state index in [1.165, 1.54) is 7.11 Å². The maximum Gasteiger partial charge on any atom is 0.250 e. The highest BCUT2D eigenvalue weighted by molar-refractivity contribution is 7.80. The third-order valence-electron chi connectivity index (χ3n) is 5.71. The fraction of sp³-hybridized carbons (Fsp3) is 0.320. The van der Waals surface area contributed by atoms with Crippen molar-refractivity contribution in [2.45, 2.75) is 38.4 Å². The summed E-state index contributed by atoms with van der Waals surface area (Å²) in [5, 5.41) is 7.21. The Kier molecular flexibility index (Phi) is 6.93. The first-order valence-corrected chi connectivity index (χ1v) is 11.7. The minimum atomic E-state index is -0.271. The summed E-state index contributed by atoms with van der Waals surface area (Å²) >= 11 is 12.3. The first-order valence-electron chi connectivity index (χ1n) is 11.0. The molecule has 2 aromatic heterocycles. The summed E-state index contributed by atoms with van der Waals surface area (Å²) < 4.78 is 7.07. The van der Waals surface area contributed by atoms with Crippen LogP contribution in [0.1, 0.15) is 44.1 Å². The summed E-state index contributed by atoms with van der Waals surface area (Å²) in [6.07, 6.45) is 6.03. The Labute approximate surface area is 210 Å². The van der Waals surface area contributed by atoms with E-state index in [0.717, 1.165) is 16.9 Å². The number of carbonyl (C=O) groups is 1. The molecule has 0 unspecified atom stereocenters. The Morgan fingerprint density at radius 1 is 1.26 bits per heavy atom. The van der Waals surface area contributed by atoms with Crippen LogP contribution in [0.3, 0.4) is 0 Å². The van der Waals surface area contributed by atoms with Gasteiger partial charge < -0.3 is 24.8 Å². The SMILES string of the molecule is COCC(=O)Nc1ccc(N2C(=S)N[C@H](c3ccccn3)[C@@H]2c2ccn(C(C)(C)C)c2)cc1Cl. The van der Waals surface area contributed by atoms with Gasteiger partial charge in [0, 0.05) is 36.9 Å². The second-order valence-electron chi connectivity index (χ2n) is 9.16. The van der Waals surface area contributed by atoms with E-state index in [9.17, 15) is 4.79 Å². The Morgan fingerprint density at radius 3 is 2.68 bits per heavy atom. The first kappa shape index (κ1) is 24.2. The minimum absolute atomic E-state index is 0.0448. The normalized spacial score (nSPS) is 18.1. The standard InChI is InChI=1S/C25H28ClN5O2S/c1-25(2,3)30-12-10-16(14-30)23-22(20-7-5-6-11-27-20)29-24(34)31(23)17-8-9-19(18(26)13-17)28-21(32)15-33-4/h5-14,22-23H,15H2,1-4H3,(H,28,32)(H,29,34)/t22-,23+/m1/s1. The minimum Gasteiger partial charge on any atom is -0.375 e. The van der Waals surface area contributed by atoms with Gasteiger partial charge in [-0.15, -0.1) is 0 Å². The molecule has 7 nitrogen and oxygen atoms in total. The average molecular weight is 498 g/mol. The average Bonchev–Trinajstić information content (AvgIpc) is 3.41. The number of rotatable bonds is 6. The van der Waals surface area contributed by atoms with E-state index in [2.05, 4.69) is 64.3 Å². The number of benzene rings is 1. The van der Waals surface area contributed by atoms with Crippen LogP contribution in [0.25, 0.3) is 0 Å². The third-order valence-corrected chi connectivity index (χ3v) is 6.34. The maximum absolute atomic E-state index is 11.9. The molecule has 0 aliphatic carbocycles. The van der Waals surface area contributed by atoms with Crippen LogP contribution in [0.4, 0.5) is 11.4 Å². The van der Waals surface area contributed by atoms with Gasteiger partial charge in [-0.25, -0.2) is 0 Å². The fourth-order valence-electron chi connectivity index (χ4n) is 4.05. The van der Waals surface area contributed by atoms with Gasteiger partial charge >= 0.3 is 0 Å². The number of ether oxygens (including phenoxy) is 1. The summed E-state index contributed by atoms with van der Waals surface area (Å²) in [4.78, 5) is 18.6. The molecule has 3 heterocycles. The van der Waals surface area contributed by atoms with Crippen LogP contribution in [0.2, 0.25) is 5.02 Å². The van der Waals surface area contributed by atoms with Gasteiger partial charge in [-0.05, 0) is 75.0 Å². The molecule has 1 amide bonds. The number of thiocarbonyl (C=S) groups is 1. The molecule has 1 aliphatic heterocycles. The Hall–Kier alpha value is -2.94. The lowest BCUT2D eigenvalue weighted by atomic mass is 9.98. The van der Waals surface area contributed by atoms with E-state index >= 15 is 0 Å². The van der Waals surface area contributed by atoms with Gasteiger partial charge in [0.1, 0.15) is 6.61 Å². The molecule has 4 rings (SSSR count). The Bertz CT molecular complexity index is 1190. The quantitative estimate of drug-likeness (QED) is 0.464. The summed E-state index contributed by atoms with van der Waals surface area (Å²) in [5.74, 6) is -0.271. The predicted octanol–water partition coefficient (Wildman–Crippen LogP) is 5.05. The highest BCUT2D eigenvalue weighted by Crippen LogP contribution is 2.43. The van der Waals surface area contributed by atoms with E-state index in [1.54, 1.807) is 12.3 Å². The first-order chi connectivity index (χ1) is 16.2. The molecule has 3 aromatic rings. The van der Waals surface area contributed by atoms with E-state index in [0.29, 0.717) is 15.8 Å².